The number of carbonyl (C=O) groups is 2. The first-order valence-corrected chi connectivity index (χ1v) is 5.31. The molecule has 1 saturated heterocycles. The maximum absolute atomic E-state index is 11.2. The minimum Gasteiger partial charge on any atom is -0.462 e. The Morgan fingerprint density at radius 1 is 1.60 bits per heavy atom. The normalized spacial score (nSPS) is 16.3. The van der Waals surface area contributed by atoms with Gasteiger partial charge in [0.2, 0.25) is 5.91 Å². The van der Waals surface area contributed by atoms with Crippen molar-refractivity contribution in [2.24, 2.45) is 0 Å². The Balaban J connectivity index is 2.06. The number of allylic oxidation sites excluding steroid dienone is 1. The van der Waals surface area contributed by atoms with Gasteiger partial charge in [0, 0.05) is 25.6 Å². The smallest absolute Gasteiger partial charge is 0.330 e. The third-order valence-corrected chi connectivity index (χ3v) is 2.29. The van der Waals surface area contributed by atoms with Crippen molar-refractivity contribution in [3.8, 4) is 0 Å². The average molecular weight is 211 g/mol. The first-order chi connectivity index (χ1) is 7.24. The van der Waals surface area contributed by atoms with E-state index in [9.17, 15) is 9.59 Å². The van der Waals surface area contributed by atoms with Gasteiger partial charge in [0.05, 0.1) is 6.61 Å². The van der Waals surface area contributed by atoms with Crippen molar-refractivity contribution in [1.29, 1.82) is 0 Å². The molecule has 0 spiro atoms. The molecule has 1 fully saturated rings. The van der Waals surface area contributed by atoms with E-state index in [2.05, 4.69) is 0 Å². The summed E-state index contributed by atoms with van der Waals surface area (Å²) in [6.07, 6.45) is 5.37. The van der Waals surface area contributed by atoms with Crippen molar-refractivity contribution in [3.63, 3.8) is 0 Å². The van der Waals surface area contributed by atoms with Crippen molar-refractivity contribution in [1.82, 2.24) is 4.90 Å². The Kier molecular flexibility index (Phi) is 4.87. The topological polar surface area (TPSA) is 46.6 Å². The van der Waals surface area contributed by atoms with Crippen LogP contribution in [0.15, 0.2) is 12.2 Å². The summed E-state index contributed by atoms with van der Waals surface area (Å²) in [6.45, 7) is 3.70. The number of carbonyl (C=O) groups excluding carboxylic acids is 2. The molecule has 0 unspecified atom stereocenters. The molecule has 4 heteroatoms. The van der Waals surface area contributed by atoms with E-state index in [1.54, 1.807) is 13.0 Å². The molecule has 1 amide bonds. The van der Waals surface area contributed by atoms with E-state index in [1.807, 2.05) is 4.90 Å². The van der Waals surface area contributed by atoms with Crippen LogP contribution >= 0.6 is 0 Å². The largest absolute Gasteiger partial charge is 0.462 e. The Morgan fingerprint density at radius 3 is 3.00 bits per heavy atom. The van der Waals surface area contributed by atoms with Crippen LogP contribution in [0.5, 0.6) is 0 Å². The molecule has 0 atom stereocenters. The molecule has 0 aromatic rings. The fourth-order valence-electron chi connectivity index (χ4n) is 1.55. The Hall–Kier alpha value is -1.32. The minimum atomic E-state index is -0.315. The zero-order valence-corrected chi connectivity index (χ0v) is 9.07. The number of likely N-dealkylation sites (tertiary alicyclic amines) is 1. The molecule has 0 N–H and O–H groups in total. The highest BCUT2D eigenvalue weighted by atomic mass is 16.5. The van der Waals surface area contributed by atoms with Gasteiger partial charge in [0.25, 0.3) is 0 Å². The molecule has 0 aromatic heterocycles. The number of nitrogens with zero attached hydrogens (tertiary/aromatic N) is 1. The van der Waals surface area contributed by atoms with E-state index >= 15 is 0 Å². The lowest BCUT2D eigenvalue weighted by Crippen LogP contribution is -2.26. The standard InChI is InChI=1S/C11H17NO3/c1-2-5-11(14)15-9-4-8-12-7-3-6-10(12)13/h2,5H,3-4,6-9H2,1H3. The molecule has 4 nitrogen and oxygen atoms in total. The van der Waals surface area contributed by atoms with Gasteiger partial charge in [-0.1, -0.05) is 6.08 Å². The van der Waals surface area contributed by atoms with Crippen molar-refractivity contribution in [3.05, 3.63) is 12.2 Å². The van der Waals surface area contributed by atoms with Crippen LogP contribution in [0.2, 0.25) is 0 Å². The van der Waals surface area contributed by atoms with E-state index < -0.39 is 0 Å². The first-order valence-electron chi connectivity index (χ1n) is 5.31. The van der Waals surface area contributed by atoms with Gasteiger partial charge in [-0.3, -0.25) is 4.79 Å². The number of hydrogen-bond donors (Lipinski definition) is 0. The molecule has 1 rings (SSSR count). The van der Waals surface area contributed by atoms with Crippen LogP contribution in [0.1, 0.15) is 26.2 Å². The fourth-order valence-corrected chi connectivity index (χ4v) is 1.55. The zero-order valence-electron chi connectivity index (χ0n) is 9.07. The second-order valence-electron chi connectivity index (χ2n) is 3.51. The zero-order chi connectivity index (χ0) is 11.1. The third kappa shape index (κ3) is 4.14. The van der Waals surface area contributed by atoms with Gasteiger partial charge in [-0.15, -0.1) is 0 Å². The van der Waals surface area contributed by atoms with Crippen LogP contribution in [0.3, 0.4) is 0 Å². The third-order valence-electron chi connectivity index (χ3n) is 2.29. The summed E-state index contributed by atoms with van der Waals surface area (Å²) >= 11 is 0. The van der Waals surface area contributed by atoms with Gasteiger partial charge in [-0.2, -0.15) is 0 Å². The van der Waals surface area contributed by atoms with Gasteiger partial charge in [0.1, 0.15) is 0 Å². The lowest BCUT2D eigenvalue weighted by atomic mass is 10.4. The van der Waals surface area contributed by atoms with Crippen molar-refractivity contribution >= 4 is 11.9 Å². The quantitative estimate of drug-likeness (QED) is 0.389. The summed E-state index contributed by atoms with van der Waals surface area (Å²) in [5.74, 6) is -0.0972. The molecule has 0 saturated carbocycles. The maximum atomic E-state index is 11.2. The highest BCUT2D eigenvalue weighted by Crippen LogP contribution is 2.09. The molecular weight excluding hydrogens is 194 g/mol. The molecule has 0 bridgehead atoms. The minimum absolute atomic E-state index is 0.217. The molecule has 1 aliphatic rings. The molecule has 15 heavy (non-hydrogen) atoms. The predicted octanol–water partition coefficient (Wildman–Crippen LogP) is 1.12. The Labute approximate surface area is 89.9 Å². The van der Waals surface area contributed by atoms with Crippen molar-refractivity contribution < 1.29 is 14.3 Å². The van der Waals surface area contributed by atoms with Crippen LogP contribution in [0, 0.1) is 0 Å². The number of amides is 1. The molecule has 1 aliphatic heterocycles. The number of rotatable bonds is 5. The van der Waals surface area contributed by atoms with E-state index in [0.29, 0.717) is 19.6 Å². The molecule has 84 valence electrons. The van der Waals surface area contributed by atoms with Gasteiger partial charge in [-0.05, 0) is 19.8 Å². The summed E-state index contributed by atoms with van der Waals surface area (Å²) in [5.41, 5.74) is 0. The highest BCUT2D eigenvalue weighted by Gasteiger charge is 2.18. The summed E-state index contributed by atoms with van der Waals surface area (Å²) in [6, 6.07) is 0. The summed E-state index contributed by atoms with van der Waals surface area (Å²) in [4.78, 5) is 23.9. The number of ether oxygens (including phenoxy) is 1. The lowest BCUT2D eigenvalue weighted by Gasteiger charge is -2.14. The number of hydrogen-bond acceptors (Lipinski definition) is 3. The van der Waals surface area contributed by atoms with Crippen molar-refractivity contribution in [2.75, 3.05) is 19.7 Å². The summed E-state index contributed by atoms with van der Waals surface area (Å²) in [7, 11) is 0. The van der Waals surface area contributed by atoms with Crippen LogP contribution in [-0.4, -0.2) is 36.5 Å². The Bertz CT molecular complexity index is 261. The highest BCUT2D eigenvalue weighted by molar-refractivity contribution is 5.81. The molecule has 0 aliphatic carbocycles. The van der Waals surface area contributed by atoms with Gasteiger partial charge in [0.15, 0.2) is 0 Å². The molecular formula is C11H17NO3. The second-order valence-corrected chi connectivity index (χ2v) is 3.51. The molecule has 0 aromatic carbocycles. The van der Waals surface area contributed by atoms with Gasteiger partial charge in [-0.25, -0.2) is 4.79 Å². The fraction of sp³-hybridized carbons (Fsp3) is 0.636. The molecule has 0 radical (unpaired) electrons. The maximum Gasteiger partial charge on any atom is 0.330 e. The summed E-state index contributed by atoms with van der Waals surface area (Å²) in [5, 5.41) is 0. The first kappa shape index (κ1) is 11.8. The second kappa shape index (κ2) is 6.22. The van der Waals surface area contributed by atoms with Crippen LogP contribution < -0.4 is 0 Å². The van der Waals surface area contributed by atoms with Crippen LogP contribution in [0.25, 0.3) is 0 Å². The van der Waals surface area contributed by atoms with Gasteiger partial charge >= 0.3 is 5.97 Å². The average Bonchev–Trinajstić information content (AvgIpc) is 2.60. The van der Waals surface area contributed by atoms with E-state index in [4.69, 9.17) is 4.74 Å². The monoisotopic (exact) mass is 211 g/mol. The SMILES string of the molecule is CC=CC(=O)OCCCN1CCCC1=O. The van der Waals surface area contributed by atoms with Gasteiger partial charge < -0.3 is 9.64 Å². The lowest BCUT2D eigenvalue weighted by molar-refractivity contribution is -0.138. The van der Waals surface area contributed by atoms with E-state index in [0.717, 1.165) is 19.4 Å². The van der Waals surface area contributed by atoms with E-state index in [1.165, 1.54) is 6.08 Å². The predicted molar refractivity (Wildman–Crippen MR) is 56.2 cm³/mol. The van der Waals surface area contributed by atoms with Crippen LogP contribution in [-0.2, 0) is 14.3 Å². The van der Waals surface area contributed by atoms with E-state index in [-0.39, 0.29) is 11.9 Å². The Morgan fingerprint density at radius 2 is 2.40 bits per heavy atom. The summed E-state index contributed by atoms with van der Waals surface area (Å²) < 4.78 is 4.91. The van der Waals surface area contributed by atoms with Crippen molar-refractivity contribution in [2.45, 2.75) is 26.2 Å². The van der Waals surface area contributed by atoms with Crippen LogP contribution in [0.4, 0.5) is 0 Å². The number of esters is 1. The molecule has 1 heterocycles.